The molecule has 0 unspecified atom stereocenters. The molecular weight excluding hydrogens is 1760 g/mol. The number of pyridine rings is 3. The van der Waals surface area contributed by atoms with Gasteiger partial charge < -0.3 is 9.13 Å². The van der Waals surface area contributed by atoms with Crippen molar-refractivity contribution in [1.29, 1.82) is 0 Å². The highest BCUT2D eigenvalue weighted by Gasteiger charge is 2.26. The third kappa shape index (κ3) is 14.6. The van der Waals surface area contributed by atoms with Gasteiger partial charge in [-0.3, -0.25) is 14.5 Å². The van der Waals surface area contributed by atoms with E-state index in [-0.39, 0.29) is 0 Å². The molecule has 0 saturated heterocycles. The average molecular weight is 1840 g/mol. The number of benzene rings is 23. The molecule has 0 amide bonds. The van der Waals surface area contributed by atoms with E-state index in [1.807, 2.05) is 43.0 Å². The number of hydrogen-bond donors (Lipinski definition) is 0. The molecule has 0 N–H and O–H groups in total. The maximum atomic E-state index is 8.42. The lowest BCUT2D eigenvalue weighted by Crippen LogP contribution is -1.95. The third-order valence-electron chi connectivity index (χ3n) is 29.3. The summed E-state index contributed by atoms with van der Waals surface area (Å²) < 4.78 is 6.82. The maximum absolute atomic E-state index is 8.42. The molecule has 0 bridgehead atoms. The largest absolute Gasteiger partial charge is 0.309 e. The Morgan fingerprint density at radius 3 is 0.986 bits per heavy atom. The van der Waals surface area contributed by atoms with Crippen molar-refractivity contribution >= 4 is 158 Å². The van der Waals surface area contributed by atoms with Gasteiger partial charge in [0.15, 0.2) is 5.69 Å². The SMILES string of the molecule is [C-]#[N+]c1cc(-n2c3ccccc3c3cccnc32)ccc1-c1ccc2c(-c3ccc4ccccc4c3)c3ccccc3c(-c3ccc4ccccc4c3)c2c1.c1ccc(-c2c3ccccc3c(-c3ccccc3)c3cc(-c4ccc(-n5c6ccccc6c6cnccc65)cc4)ccc23)cc1.c1ccc(-c2c3ccccc3c(-c3ccccc3)c3cc(-c4ccc(-n5c6ccccc6c6ncccc65)cc4)ccc23)cc1. The number of fused-ring (bicyclic) bond motifs is 17. The fourth-order valence-electron chi connectivity index (χ4n) is 22.9. The van der Waals surface area contributed by atoms with Gasteiger partial charge in [-0.15, -0.1) is 0 Å². The Hall–Kier alpha value is -19.5. The molecule has 0 aliphatic rings. The van der Waals surface area contributed by atoms with Crippen molar-refractivity contribution < 1.29 is 0 Å². The molecule has 0 saturated carbocycles. The maximum Gasteiger partial charge on any atom is 0.196 e. The second kappa shape index (κ2) is 35.7. The van der Waals surface area contributed by atoms with Crippen molar-refractivity contribution in [2.45, 2.75) is 0 Å². The Balaban J connectivity index is 0.000000109. The van der Waals surface area contributed by atoms with Crippen molar-refractivity contribution in [3.63, 3.8) is 0 Å². The Kier molecular flexibility index (Phi) is 20.9. The lowest BCUT2D eigenvalue weighted by atomic mass is 9.84. The monoisotopic (exact) mass is 1840 g/mol. The Morgan fingerprint density at radius 2 is 0.503 bits per heavy atom. The number of nitrogens with zero attached hydrogens (tertiary/aromatic N) is 7. The zero-order chi connectivity index (χ0) is 95.9. The van der Waals surface area contributed by atoms with Gasteiger partial charge in [0.05, 0.1) is 39.7 Å². The molecule has 0 aliphatic heterocycles. The molecule has 0 radical (unpaired) electrons. The van der Waals surface area contributed by atoms with Gasteiger partial charge in [0.1, 0.15) is 5.65 Å². The summed E-state index contributed by atoms with van der Waals surface area (Å²) in [6.45, 7) is 8.42. The average Bonchev–Trinajstić information content (AvgIpc) is 1.76. The first-order valence-corrected chi connectivity index (χ1v) is 49.3. The van der Waals surface area contributed by atoms with Crippen LogP contribution in [0.1, 0.15) is 0 Å². The van der Waals surface area contributed by atoms with Crippen LogP contribution in [0.2, 0.25) is 0 Å². The summed E-state index contributed by atoms with van der Waals surface area (Å²) in [6, 6.07) is 181. The lowest BCUT2D eigenvalue weighted by molar-refractivity contribution is 1.14. The highest BCUT2D eigenvalue weighted by molar-refractivity contribution is 6.26. The normalized spacial score (nSPS) is 11.6. The minimum Gasteiger partial charge on any atom is -0.309 e. The van der Waals surface area contributed by atoms with E-state index in [2.05, 4.69) is 509 Å². The van der Waals surface area contributed by atoms with Crippen LogP contribution in [0.25, 0.3) is 274 Å². The topological polar surface area (TPSA) is 57.8 Å². The molecular formula is C138H87N7. The van der Waals surface area contributed by atoms with Crippen molar-refractivity contribution in [2.75, 3.05) is 0 Å². The van der Waals surface area contributed by atoms with Crippen LogP contribution in [0.15, 0.2) is 528 Å². The van der Waals surface area contributed by atoms with Crippen molar-refractivity contribution in [1.82, 2.24) is 28.7 Å². The highest BCUT2D eigenvalue weighted by Crippen LogP contribution is 2.52. The molecule has 6 heterocycles. The van der Waals surface area contributed by atoms with Gasteiger partial charge in [0.2, 0.25) is 0 Å². The zero-order valence-electron chi connectivity index (χ0n) is 78.9. The van der Waals surface area contributed by atoms with E-state index in [9.17, 15) is 0 Å². The van der Waals surface area contributed by atoms with E-state index in [4.69, 9.17) is 16.5 Å². The summed E-state index contributed by atoms with van der Waals surface area (Å²) >= 11 is 0. The van der Waals surface area contributed by atoms with Crippen molar-refractivity contribution in [3.8, 4) is 117 Å². The van der Waals surface area contributed by atoms with E-state index in [1.165, 1.54) is 191 Å². The van der Waals surface area contributed by atoms with Gasteiger partial charge in [-0.25, -0.2) is 9.83 Å². The zero-order valence-corrected chi connectivity index (χ0v) is 78.9. The van der Waals surface area contributed by atoms with Gasteiger partial charge in [-0.1, -0.05) is 388 Å². The summed E-state index contributed by atoms with van der Waals surface area (Å²) in [4.78, 5) is 18.0. The van der Waals surface area contributed by atoms with Crippen LogP contribution in [0.5, 0.6) is 0 Å². The first-order valence-electron chi connectivity index (χ1n) is 49.3. The smallest absolute Gasteiger partial charge is 0.196 e. The predicted octanol–water partition coefficient (Wildman–Crippen LogP) is 37.3. The van der Waals surface area contributed by atoms with Gasteiger partial charge in [-0.2, -0.15) is 0 Å². The second-order valence-corrected chi connectivity index (χ2v) is 37.4. The van der Waals surface area contributed by atoms with E-state index in [0.717, 1.165) is 77.6 Å². The standard InChI is InChI=1S/C52H31N3.2C43H28N2/c1-53-48-32-40(55-49-19-9-8-15-42(49)46-18-10-28-54-52(46)55)25-27-41(48)37-24-26-45-47(31-37)51(39-23-21-34-12-3-5-14-36(34)30-39)44-17-7-6-16-43(44)50(45)38-22-20-33-11-2-4-13-35(33)29-38;1-3-12-30(13-4-1)41-34-16-7-8-17-35(34)42(31-14-5-2-6-15-31)38-28-32(23-26-36(38)41)29-21-24-33(25-22-29)45-39-19-10-9-18-37(39)43-40(45)20-11-27-44-43;1-3-11-30(12-4-1)42-35-16-7-8-17-36(35)43(31-13-5-2-6-14-31)38-27-32(21-24-37(38)42)29-19-22-33(23-20-29)45-40-18-10-9-15-34(40)39-28-44-26-25-41(39)45/h2-32H;2*1-28H. The molecule has 29 aromatic rings. The Labute approximate surface area is 837 Å². The lowest BCUT2D eigenvalue weighted by Gasteiger charge is -2.19. The third-order valence-corrected chi connectivity index (χ3v) is 29.3. The molecule has 0 spiro atoms. The fraction of sp³-hybridized carbons (Fsp3) is 0. The van der Waals surface area contributed by atoms with Gasteiger partial charge in [0.25, 0.3) is 0 Å². The predicted molar refractivity (Wildman–Crippen MR) is 611 cm³/mol. The molecule has 7 nitrogen and oxygen atoms in total. The van der Waals surface area contributed by atoms with Crippen LogP contribution >= 0.6 is 0 Å². The Morgan fingerprint density at radius 1 is 0.179 bits per heavy atom. The molecule has 145 heavy (non-hydrogen) atoms. The molecule has 29 rings (SSSR count). The van der Waals surface area contributed by atoms with Crippen LogP contribution in [-0.4, -0.2) is 28.7 Å². The van der Waals surface area contributed by atoms with Gasteiger partial charge in [0, 0.05) is 68.8 Å². The number of rotatable bonds is 12. The van der Waals surface area contributed by atoms with Crippen LogP contribution in [0.3, 0.4) is 0 Å². The van der Waals surface area contributed by atoms with E-state index in [0.29, 0.717) is 5.69 Å². The first-order chi connectivity index (χ1) is 71.9. The van der Waals surface area contributed by atoms with Crippen LogP contribution in [0, 0.1) is 6.57 Å². The molecule has 0 atom stereocenters. The Bertz CT molecular complexity index is 9750. The minimum atomic E-state index is 0.599. The molecule has 0 aliphatic carbocycles. The fourth-order valence-corrected chi connectivity index (χ4v) is 22.9. The van der Waals surface area contributed by atoms with E-state index >= 15 is 0 Å². The number of hydrogen-bond acceptors (Lipinski definition) is 3. The molecule has 7 heteroatoms. The first kappa shape index (κ1) is 84.7. The molecule has 23 aromatic carbocycles. The van der Waals surface area contributed by atoms with Crippen LogP contribution in [0.4, 0.5) is 5.69 Å². The summed E-state index contributed by atoms with van der Waals surface area (Å²) in [5, 5.41) is 25.5. The summed E-state index contributed by atoms with van der Waals surface area (Å²) in [6.07, 6.45) is 7.55. The van der Waals surface area contributed by atoms with Gasteiger partial charge >= 0.3 is 0 Å². The number of para-hydroxylation sites is 3. The summed E-state index contributed by atoms with van der Waals surface area (Å²) in [5.41, 5.74) is 32.9. The van der Waals surface area contributed by atoms with Crippen molar-refractivity contribution in [3.05, 3.63) is 540 Å². The van der Waals surface area contributed by atoms with E-state index in [1.54, 1.807) is 0 Å². The summed E-state index contributed by atoms with van der Waals surface area (Å²) in [5.74, 6) is 0. The highest BCUT2D eigenvalue weighted by atomic mass is 15.0. The number of aromatic nitrogens is 6. The molecule has 0 fully saturated rings. The quantitative estimate of drug-likeness (QED) is 0.0905. The van der Waals surface area contributed by atoms with Crippen molar-refractivity contribution in [2.24, 2.45) is 0 Å². The minimum absolute atomic E-state index is 0.599. The molecule has 6 aromatic heterocycles. The van der Waals surface area contributed by atoms with Crippen LogP contribution < -0.4 is 0 Å². The molecule has 674 valence electrons. The second-order valence-electron chi connectivity index (χ2n) is 37.4. The van der Waals surface area contributed by atoms with Gasteiger partial charge in [-0.05, 0) is 302 Å². The van der Waals surface area contributed by atoms with E-state index < -0.39 is 0 Å². The summed E-state index contributed by atoms with van der Waals surface area (Å²) in [7, 11) is 0. The van der Waals surface area contributed by atoms with Crippen LogP contribution in [-0.2, 0) is 0 Å².